The quantitative estimate of drug-likeness (QED) is 0.638. The van der Waals surface area contributed by atoms with Crippen LogP contribution in [0.25, 0.3) is 0 Å². The number of hydrogen-bond donors (Lipinski definition) is 1. The number of methoxy groups -OCH3 is 1. The molecule has 1 aliphatic heterocycles. The van der Waals surface area contributed by atoms with Crippen LogP contribution < -0.4 is 10.1 Å². The third kappa shape index (κ3) is 5.52. The minimum atomic E-state index is -3.56. The van der Waals surface area contributed by atoms with Crippen LogP contribution in [0.3, 0.4) is 0 Å². The Hall–Kier alpha value is -2.03. The van der Waals surface area contributed by atoms with E-state index < -0.39 is 10.0 Å². The molecule has 0 atom stereocenters. The number of nitrogens with zero attached hydrogens (tertiary/aromatic N) is 1. The predicted molar refractivity (Wildman–Crippen MR) is 116 cm³/mol. The van der Waals surface area contributed by atoms with Crippen LogP contribution in [0.5, 0.6) is 5.75 Å². The van der Waals surface area contributed by atoms with Gasteiger partial charge in [0.05, 0.1) is 17.7 Å². The Morgan fingerprint density at radius 3 is 2.48 bits per heavy atom. The lowest BCUT2D eigenvalue weighted by molar-refractivity contribution is -0.115. The summed E-state index contributed by atoms with van der Waals surface area (Å²) in [7, 11) is -2.06. The van der Waals surface area contributed by atoms with Gasteiger partial charge in [-0.3, -0.25) is 4.79 Å². The molecule has 8 heteroatoms. The van der Waals surface area contributed by atoms with Crippen molar-refractivity contribution in [1.82, 2.24) is 4.31 Å². The summed E-state index contributed by atoms with van der Waals surface area (Å²) in [6.45, 7) is 3.10. The number of ether oxygens (including phenoxy) is 1. The molecule has 29 heavy (non-hydrogen) atoms. The molecule has 0 unspecified atom stereocenters. The van der Waals surface area contributed by atoms with Crippen LogP contribution in [0.4, 0.5) is 5.69 Å². The standard InChI is InChI=1S/C21H26N2O4S2/c1-16-5-7-17(8-6-16)28-14-11-21(24)22-19-15-18(9-10-20(19)27-2)29(25,26)23-12-3-4-13-23/h5-10,15H,3-4,11-14H2,1-2H3,(H,22,24). The largest absolute Gasteiger partial charge is 0.495 e. The fourth-order valence-electron chi connectivity index (χ4n) is 3.13. The first-order chi connectivity index (χ1) is 13.9. The summed E-state index contributed by atoms with van der Waals surface area (Å²) >= 11 is 1.61. The van der Waals surface area contributed by atoms with Gasteiger partial charge in [-0.2, -0.15) is 4.31 Å². The van der Waals surface area contributed by atoms with Gasteiger partial charge in [-0.05, 0) is 50.1 Å². The lowest BCUT2D eigenvalue weighted by Gasteiger charge is -2.17. The van der Waals surface area contributed by atoms with E-state index in [0.29, 0.717) is 36.7 Å². The Morgan fingerprint density at radius 1 is 1.14 bits per heavy atom. The number of benzene rings is 2. The summed E-state index contributed by atoms with van der Waals surface area (Å²) in [6, 6.07) is 12.7. The Labute approximate surface area is 176 Å². The lowest BCUT2D eigenvalue weighted by Crippen LogP contribution is -2.28. The summed E-state index contributed by atoms with van der Waals surface area (Å²) in [5, 5.41) is 2.80. The highest BCUT2D eigenvalue weighted by Gasteiger charge is 2.28. The third-order valence-electron chi connectivity index (χ3n) is 4.77. The van der Waals surface area contributed by atoms with Crippen molar-refractivity contribution in [3.05, 3.63) is 48.0 Å². The maximum Gasteiger partial charge on any atom is 0.243 e. The number of rotatable bonds is 8. The monoisotopic (exact) mass is 434 g/mol. The first-order valence-electron chi connectivity index (χ1n) is 9.57. The van der Waals surface area contributed by atoms with Crippen molar-refractivity contribution in [3.8, 4) is 5.75 Å². The van der Waals surface area contributed by atoms with Gasteiger partial charge in [0, 0.05) is 30.2 Å². The van der Waals surface area contributed by atoms with E-state index in [1.165, 1.54) is 29.1 Å². The van der Waals surface area contributed by atoms with Crippen molar-refractivity contribution < 1.29 is 17.9 Å². The summed E-state index contributed by atoms with van der Waals surface area (Å²) in [5.41, 5.74) is 1.57. The van der Waals surface area contributed by atoms with Gasteiger partial charge in [-0.25, -0.2) is 8.42 Å². The van der Waals surface area contributed by atoms with Crippen LogP contribution >= 0.6 is 11.8 Å². The molecule has 1 saturated heterocycles. The number of carbonyl (C=O) groups is 1. The maximum absolute atomic E-state index is 12.8. The number of hydrogen-bond acceptors (Lipinski definition) is 5. The number of anilines is 1. The zero-order valence-electron chi connectivity index (χ0n) is 16.7. The van der Waals surface area contributed by atoms with E-state index in [2.05, 4.69) is 5.32 Å². The van der Waals surface area contributed by atoms with Crippen molar-refractivity contribution in [2.45, 2.75) is 36.0 Å². The van der Waals surface area contributed by atoms with E-state index in [4.69, 9.17) is 4.74 Å². The second-order valence-electron chi connectivity index (χ2n) is 6.93. The average Bonchev–Trinajstić information content (AvgIpc) is 3.25. The number of sulfonamides is 1. The second-order valence-corrected chi connectivity index (χ2v) is 10.0. The van der Waals surface area contributed by atoms with Crippen LogP contribution in [-0.2, 0) is 14.8 Å². The lowest BCUT2D eigenvalue weighted by atomic mass is 10.2. The predicted octanol–water partition coefficient (Wildman–Crippen LogP) is 3.91. The number of aryl methyl sites for hydroxylation is 1. The van der Waals surface area contributed by atoms with Crippen LogP contribution in [0.15, 0.2) is 52.3 Å². The molecular weight excluding hydrogens is 408 g/mol. The zero-order chi connectivity index (χ0) is 20.9. The van der Waals surface area contributed by atoms with E-state index in [9.17, 15) is 13.2 Å². The van der Waals surface area contributed by atoms with Crippen molar-refractivity contribution >= 4 is 33.4 Å². The Balaban J connectivity index is 1.65. The molecule has 0 radical (unpaired) electrons. The molecule has 1 aliphatic rings. The molecular formula is C21H26N2O4S2. The summed E-state index contributed by atoms with van der Waals surface area (Å²) in [6.07, 6.45) is 2.06. The smallest absolute Gasteiger partial charge is 0.243 e. The van der Waals surface area contributed by atoms with Gasteiger partial charge in [0.25, 0.3) is 0 Å². The third-order valence-corrected chi connectivity index (χ3v) is 7.68. The molecule has 1 fully saturated rings. The van der Waals surface area contributed by atoms with Crippen LogP contribution in [0.2, 0.25) is 0 Å². The van der Waals surface area contributed by atoms with Gasteiger partial charge < -0.3 is 10.1 Å². The van der Waals surface area contributed by atoms with Crippen molar-refractivity contribution in [1.29, 1.82) is 0 Å². The molecule has 1 heterocycles. The first-order valence-corrected chi connectivity index (χ1v) is 12.0. The normalized spacial score (nSPS) is 14.7. The van der Waals surface area contributed by atoms with E-state index in [-0.39, 0.29) is 10.8 Å². The molecule has 156 valence electrons. The molecule has 2 aromatic rings. The van der Waals surface area contributed by atoms with Gasteiger partial charge in [-0.1, -0.05) is 17.7 Å². The van der Waals surface area contributed by atoms with Crippen molar-refractivity contribution in [2.24, 2.45) is 0 Å². The maximum atomic E-state index is 12.8. The molecule has 2 aromatic carbocycles. The molecule has 3 rings (SSSR count). The highest BCUT2D eigenvalue weighted by Crippen LogP contribution is 2.30. The molecule has 1 N–H and O–H groups in total. The summed E-state index contributed by atoms with van der Waals surface area (Å²) < 4.78 is 32.4. The highest BCUT2D eigenvalue weighted by molar-refractivity contribution is 7.99. The minimum absolute atomic E-state index is 0.171. The number of carbonyl (C=O) groups excluding carboxylic acids is 1. The summed E-state index contributed by atoms with van der Waals surface area (Å²) in [5.74, 6) is 0.881. The van der Waals surface area contributed by atoms with Gasteiger partial charge in [0.15, 0.2) is 0 Å². The molecule has 6 nitrogen and oxygen atoms in total. The highest BCUT2D eigenvalue weighted by atomic mass is 32.2. The van der Waals surface area contributed by atoms with E-state index in [0.717, 1.165) is 17.7 Å². The van der Waals surface area contributed by atoms with Crippen LogP contribution in [-0.4, -0.2) is 44.6 Å². The number of thioether (sulfide) groups is 1. The number of amides is 1. The molecule has 0 bridgehead atoms. The van der Waals surface area contributed by atoms with Gasteiger partial charge >= 0.3 is 0 Å². The van der Waals surface area contributed by atoms with Crippen LogP contribution in [0.1, 0.15) is 24.8 Å². The average molecular weight is 435 g/mol. The fraction of sp³-hybridized carbons (Fsp3) is 0.381. The van der Waals surface area contributed by atoms with Crippen molar-refractivity contribution in [2.75, 3.05) is 31.3 Å². The van der Waals surface area contributed by atoms with E-state index in [1.54, 1.807) is 17.8 Å². The molecule has 0 aromatic heterocycles. The minimum Gasteiger partial charge on any atom is -0.495 e. The zero-order valence-corrected chi connectivity index (χ0v) is 18.3. The first kappa shape index (κ1) is 21.7. The second kappa shape index (κ2) is 9.65. The van der Waals surface area contributed by atoms with E-state index >= 15 is 0 Å². The Morgan fingerprint density at radius 2 is 1.83 bits per heavy atom. The molecule has 1 amide bonds. The summed E-state index contributed by atoms with van der Waals surface area (Å²) in [4.78, 5) is 13.7. The molecule has 0 aliphatic carbocycles. The van der Waals surface area contributed by atoms with Gasteiger partial charge in [0.1, 0.15) is 5.75 Å². The molecule has 0 saturated carbocycles. The van der Waals surface area contributed by atoms with E-state index in [1.807, 2.05) is 31.2 Å². The topological polar surface area (TPSA) is 75.7 Å². The SMILES string of the molecule is COc1ccc(S(=O)(=O)N2CCCC2)cc1NC(=O)CCSc1ccc(C)cc1. The van der Waals surface area contributed by atoms with Gasteiger partial charge in [-0.15, -0.1) is 11.8 Å². The van der Waals surface area contributed by atoms with Crippen molar-refractivity contribution in [3.63, 3.8) is 0 Å². The van der Waals surface area contributed by atoms with Crippen LogP contribution in [0, 0.1) is 6.92 Å². The number of nitrogens with one attached hydrogen (secondary N) is 1. The van der Waals surface area contributed by atoms with Gasteiger partial charge in [0.2, 0.25) is 15.9 Å². The fourth-order valence-corrected chi connectivity index (χ4v) is 5.53. The molecule has 0 spiro atoms. The Bertz CT molecular complexity index is 953. The Kier molecular flexibility index (Phi) is 7.21.